The molecule has 0 aliphatic heterocycles. The van der Waals surface area contributed by atoms with E-state index in [1.54, 1.807) is 0 Å². The maximum atomic E-state index is 10.9. The lowest BCUT2D eigenvalue weighted by atomic mass is 10.0. The maximum absolute atomic E-state index is 10.9. The largest absolute Gasteiger partial charge is 0.481 e. The molecule has 0 fully saturated rings. The van der Waals surface area contributed by atoms with Crippen LogP contribution in [0.25, 0.3) is 6.08 Å². The first-order valence-electron chi connectivity index (χ1n) is 4.89. The van der Waals surface area contributed by atoms with E-state index >= 15 is 0 Å². The fourth-order valence-electron chi connectivity index (χ4n) is 1.39. The van der Waals surface area contributed by atoms with Gasteiger partial charge in [-0.05, 0) is 23.3 Å². The van der Waals surface area contributed by atoms with Crippen molar-refractivity contribution >= 4 is 24.0 Å². The molecule has 0 spiro atoms. The molecule has 0 unspecified atom stereocenters. The Balaban J connectivity index is 3.19. The van der Waals surface area contributed by atoms with Crippen molar-refractivity contribution < 1.29 is 29.7 Å². The summed E-state index contributed by atoms with van der Waals surface area (Å²) < 4.78 is 0. The zero-order valence-electron chi connectivity index (χ0n) is 9.16. The molecule has 1 aromatic carbocycles. The van der Waals surface area contributed by atoms with Crippen molar-refractivity contribution in [1.29, 1.82) is 0 Å². The standard InChI is InChI=1S/C12H10O6/c13-10(14)4-2-8-5-7(6-11(15)16)1-3-9(8)12(17)18/h1-5H,6H2,(H,13,14)(H,15,16)(H,17,18)/b4-2+. The predicted molar refractivity (Wildman–Crippen MR) is 61.4 cm³/mol. The Labute approximate surface area is 102 Å². The topological polar surface area (TPSA) is 112 Å². The summed E-state index contributed by atoms with van der Waals surface area (Å²) in [4.78, 5) is 31.8. The molecular formula is C12H10O6. The normalized spacial score (nSPS) is 10.4. The Hall–Kier alpha value is -2.63. The van der Waals surface area contributed by atoms with Gasteiger partial charge in [-0.25, -0.2) is 9.59 Å². The van der Waals surface area contributed by atoms with Gasteiger partial charge in [-0.2, -0.15) is 0 Å². The molecular weight excluding hydrogens is 240 g/mol. The highest BCUT2D eigenvalue weighted by Gasteiger charge is 2.10. The van der Waals surface area contributed by atoms with Crippen molar-refractivity contribution in [2.75, 3.05) is 0 Å². The third-order valence-electron chi connectivity index (χ3n) is 2.11. The summed E-state index contributed by atoms with van der Waals surface area (Å²) in [5, 5.41) is 26.0. The lowest BCUT2D eigenvalue weighted by molar-refractivity contribution is -0.136. The van der Waals surface area contributed by atoms with Gasteiger partial charge in [0.25, 0.3) is 0 Å². The van der Waals surface area contributed by atoms with Gasteiger partial charge in [0.05, 0.1) is 12.0 Å². The molecule has 3 N–H and O–H groups in total. The van der Waals surface area contributed by atoms with Crippen molar-refractivity contribution in [3.05, 3.63) is 41.0 Å². The minimum atomic E-state index is -1.21. The Morgan fingerprint density at radius 3 is 2.28 bits per heavy atom. The van der Waals surface area contributed by atoms with Crippen molar-refractivity contribution in [1.82, 2.24) is 0 Å². The van der Waals surface area contributed by atoms with Crippen LogP contribution in [0.5, 0.6) is 0 Å². The molecule has 1 aromatic rings. The van der Waals surface area contributed by atoms with Crippen LogP contribution < -0.4 is 0 Å². The smallest absolute Gasteiger partial charge is 0.336 e. The molecule has 0 saturated carbocycles. The lowest BCUT2D eigenvalue weighted by Gasteiger charge is -2.04. The van der Waals surface area contributed by atoms with Crippen LogP contribution in [0.4, 0.5) is 0 Å². The van der Waals surface area contributed by atoms with Gasteiger partial charge in [-0.3, -0.25) is 4.79 Å². The van der Waals surface area contributed by atoms with Crippen molar-refractivity contribution in [2.24, 2.45) is 0 Å². The van der Waals surface area contributed by atoms with E-state index in [4.69, 9.17) is 15.3 Å². The summed E-state index contributed by atoms with van der Waals surface area (Å²) in [6.07, 6.45) is 1.66. The highest BCUT2D eigenvalue weighted by atomic mass is 16.4. The van der Waals surface area contributed by atoms with Crippen molar-refractivity contribution in [3.8, 4) is 0 Å². The van der Waals surface area contributed by atoms with E-state index < -0.39 is 17.9 Å². The van der Waals surface area contributed by atoms with Gasteiger partial charge in [0, 0.05) is 6.08 Å². The summed E-state index contributed by atoms with van der Waals surface area (Å²) in [7, 11) is 0. The van der Waals surface area contributed by atoms with Gasteiger partial charge in [-0.1, -0.05) is 12.1 Å². The molecule has 6 nitrogen and oxygen atoms in total. The number of carbonyl (C=O) groups is 3. The average Bonchev–Trinajstić information content (AvgIpc) is 2.25. The van der Waals surface area contributed by atoms with Crippen LogP contribution in [0.15, 0.2) is 24.3 Å². The molecule has 0 aliphatic rings. The number of benzene rings is 1. The number of hydrogen-bond donors (Lipinski definition) is 3. The van der Waals surface area contributed by atoms with Crippen molar-refractivity contribution in [2.45, 2.75) is 6.42 Å². The Morgan fingerprint density at radius 2 is 1.78 bits per heavy atom. The van der Waals surface area contributed by atoms with Crippen LogP contribution in [-0.4, -0.2) is 33.2 Å². The van der Waals surface area contributed by atoms with E-state index in [0.717, 1.165) is 12.2 Å². The highest BCUT2D eigenvalue weighted by Crippen LogP contribution is 2.15. The summed E-state index contributed by atoms with van der Waals surface area (Å²) in [6.45, 7) is 0. The summed E-state index contributed by atoms with van der Waals surface area (Å²) in [5.74, 6) is -3.47. The van der Waals surface area contributed by atoms with Crippen LogP contribution in [0.1, 0.15) is 21.5 Å². The molecule has 0 aliphatic carbocycles. The highest BCUT2D eigenvalue weighted by molar-refractivity contribution is 5.94. The Kier molecular flexibility index (Phi) is 4.20. The van der Waals surface area contributed by atoms with E-state index in [9.17, 15) is 14.4 Å². The number of rotatable bonds is 5. The third kappa shape index (κ3) is 3.75. The van der Waals surface area contributed by atoms with Gasteiger partial charge in [0.1, 0.15) is 0 Å². The van der Waals surface area contributed by atoms with E-state index in [0.29, 0.717) is 5.56 Å². The summed E-state index contributed by atoms with van der Waals surface area (Å²) >= 11 is 0. The van der Waals surface area contributed by atoms with Gasteiger partial charge < -0.3 is 15.3 Å². The Bertz CT molecular complexity index is 529. The number of hydrogen-bond acceptors (Lipinski definition) is 3. The predicted octanol–water partition coefficient (Wildman–Crippen LogP) is 1.11. The third-order valence-corrected chi connectivity index (χ3v) is 2.11. The fraction of sp³-hybridized carbons (Fsp3) is 0.0833. The van der Waals surface area contributed by atoms with Crippen LogP contribution in [0.2, 0.25) is 0 Å². The van der Waals surface area contributed by atoms with Crippen LogP contribution in [0.3, 0.4) is 0 Å². The van der Waals surface area contributed by atoms with E-state index in [1.165, 1.54) is 18.2 Å². The number of aromatic carboxylic acids is 1. The first kappa shape index (κ1) is 13.4. The number of carboxylic acids is 3. The van der Waals surface area contributed by atoms with Crippen LogP contribution in [0, 0.1) is 0 Å². The van der Waals surface area contributed by atoms with Gasteiger partial charge in [-0.15, -0.1) is 0 Å². The van der Waals surface area contributed by atoms with Gasteiger partial charge in [0.15, 0.2) is 0 Å². The zero-order valence-corrected chi connectivity index (χ0v) is 9.16. The molecule has 18 heavy (non-hydrogen) atoms. The van der Waals surface area contributed by atoms with E-state index in [2.05, 4.69) is 0 Å². The zero-order chi connectivity index (χ0) is 13.7. The van der Waals surface area contributed by atoms with Gasteiger partial charge >= 0.3 is 17.9 Å². The maximum Gasteiger partial charge on any atom is 0.336 e. The molecule has 0 atom stereocenters. The minimum Gasteiger partial charge on any atom is -0.481 e. The van der Waals surface area contributed by atoms with Gasteiger partial charge in [0.2, 0.25) is 0 Å². The average molecular weight is 250 g/mol. The molecule has 0 bridgehead atoms. The first-order chi connectivity index (χ1) is 8.40. The monoisotopic (exact) mass is 250 g/mol. The number of aliphatic carboxylic acids is 2. The summed E-state index contributed by atoms with van der Waals surface area (Å²) in [6, 6.07) is 3.98. The molecule has 6 heteroatoms. The molecule has 0 aromatic heterocycles. The van der Waals surface area contributed by atoms with E-state index in [1.807, 2.05) is 0 Å². The quantitative estimate of drug-likeness (QED) is 0.675. The SMILES string of the molecule is O=C(O)/C=C/c1cc(CC(=O)O)ccc1C(=O)O. The van der Waals surface area contributed by atoms with Crippen molar-refractivity contribution in [3.63, 3.8) is 0 Å². The minimum absolute atomic E-state index is 0.0818. The summed E-state index contributed by atoms with van der Waals surface area (Å²) in [5.41, 5.74) is 0.475. The molecule has 1 rings (SSSR count). The van der Waals surface area contributed by atoms with Crippen LogP contribution >= 0.6 is 0 Å². The molecule has 0 saturated heterocycles. The first-order valence-corrected chi connectivity index (χ1v) is 4.89. The van der Waals surface area contributed by atoms with Crippen LogP contribution in [-0.2, 0) is 16.0 Å². The molecule has 0 heterocycles. The molecule has 0 radical (unpaired) electrons. The Morgan fingerprint density at radius 1 is 1.11 bits per heavy atom. The van der Waals surface area contributed by atoms with E-state index in [-0.39, 0.29) is 17.5 Å². The second-order valence-corrected chi connectivity index (χ2v) is 3.47. The number of carboxylic acid groups (broad SMARTS) is 3. The second kappa shape index (κ2) is 5.62. The fourth-order valence-corrected chi connectivity index (χ4v) is 1.39. The second-order valence-electron chi connectivity index (χ2n) is 3.47. The molecule has 94 valence electrons. The molecule has 0 amide bonds. The lowest BCUT2D eigenvalue weighted by Crippen LogP contribution is -2.04.